The molecule has 1 heterocycles. The van der Waals surface area contributed by atoms with E-state index in [1.54, 1.807) is 19.2 Å². The molecule has 170 valence electrons. The van der Waals surface area contributed by atoms with Gasteiger partial charge in [0.05, 0.1) is 12.8 Å². The van der Waals surface area contributed by atoms with Gasteiger partial charge < -0.3 is 25.1 Å². The number of rotatable bonds is 8. The lowest BCUT2D eigenvalue weighted by molar-refractivity contribution is 0.0996. The van der Waals surface area contributed by atoms with E-state index in [4.69, 9.17) is 9.15 Å². The van der Waals surface area contributed by atoms with E-state index in [0.717, 1.165) is 16.9 Å². The van der Waals surface area contributed by atoms with Crippen LogP contribution in [0.1, 0.15) is 28.6 Å². The number of benzene rings is 2. The SMILES string of the molecule is CN=C(NCc1cccc(NC(=O)c2ccco2)c1)NCC(C)Oc1ccccc1C.I. The van der Waals surface area contributed by atoms with E-state index in [0.29, 0.717) is 24.7 Å². The Morgan fingerprint density at radius 1 is 1.09 bits per heavy atom. The third kappa shape index (κ3) is 7.60. The highest BCUT2D eigenvalue weighted by molar-refractivity contribution is 14.0. The third-order valence-corrected chi connectivity index (χ3v) is 4.59. The molecule has 0 radical (unpaired) electrons. The molecule has 1 atom stereocenters. The number of carbonyl (C=O) groups is 1. The van der Waals surface area contributed by atoms with E-state index in [1.807, 2.05) is 62.4 Å². The highest BCUT2D eigenvalue weighted by atomic mass is 127. The van der Waals surface area contributed by atoms with Crippen LogP contribution >= 0.6 is 24.0 Å². The van der Waals surface area contributed by atoms with Crippen LogP contribution in [-0.2, 0) is 6.54 Å². The van der Waals surface area contributed by atoms with Crippen molar-refractivity contribution in [3.63, 3.8) is 0 Å². The maximum absolute atomic E-state index is 12.1. The summed E-state index contributed by atoms with van der Waals surface area (Å²) in [6, 6.07) is 18.9. The summed E-state index contributed by atoms with van der Waals surface area (Å²) < 4.78 is 11.1. The maximum atomic E-state index is 12.1. The van der Waals surface area contributed by atoms with Crippen molar-refractivity contribution in [1.82, 2.24) is 10.6 Å². The average Bonchev–Trinajstić information content (AvgIpc) is 3.31. The summed E-state index contributed by atoms with van der Waals surface area (Å²) in [5.41, 5.74) is 2.81. The molecule has 0 bridgehead atoms. The molecule has 3 rings (SSSR count). The van der Waals surface area contributed by atoms with Gasteiger partial charge in [-0.1, -0.05) is 30.3 Å². The van der Waals surface area contributed by atoms with Crippen molar-refractivity contribution >= 4 is 41.5 Å². The number of halogens is 1. The van der Waals surface area contributed by atoms with Crippen molar-refractivity contribution in [3.8, 4) is 5.75 Å². The lowest BCUT2D eigenvalue weighted by Crippen LogP contribution is -2.41. The maximum Gasteiger partial charge on any atom is 0.291 e. The number of carbonyl (C=O) groups excluding carboxylic acids is 1. The molecular weight excluding hydrogens is 519 g/mol. The van der Waals surface area contributed by atoms with Gasteiger partial charge in [0, 0.05) is 19.3 Å². The molecule has 0 saturated carbocycles. The normalized spacial score (nSPS) is 11.8. The molecule has 0 aliphatic heterocycles. The summed E-state index contributed by atoms with van der Waals surface area (Å²) in [4.78, 5) is 16.4. The number of ether oxygens (including phenoxy) is 1. The minimum Gasteiger partial charge on any atom is -0.489 e. The Bertz CT molecular complexity index is 1020. The van der Waals surface area contributed by atoms with Crippen molar-refractivity contribution in [2.45, 2.75) is 26.5 Å². The second kappa shape index (κ2) is 12.7. The summed E-state index contributed by atoms with van der Waals surface area (Å²) in [5.74, 6) is 1.55. The number of amides is 1. The van der Waals surface area contributed by atoms with Crippen molar-refractivity contribution in [2.24, 2.45) is 4.99 Å². The molecule has 7 nitrogen and oxygen atoms in total. The van der Waals surface area contributed by atoms with Crippen molar-refractivity contribution in [1.29, 1.82) is 0 Å². The molecule has 0 spiro atoms. The smallest absolute Gasteiger partial charge is 0.291 e. The molecule has 2 aromatic carbocycles. The second-order valence-electron chi connectivity index (χ2n) is 7.13. The predicted octanol–water partition coefficient (Wildman–Crippen LogP) is 4.59. The van der Waals surface area contributed by atoms with Gasteiger partial charge in [-0.3, -0.25) is 9.79 Å². The number of anilines is 1. The van der Waals surface area contributed by atoms with Crippen LogP contribution in [0.3, 0.4) is 0 Å². The van der Waals surface area contributed by atoms with Gasteiger partial charge in [0.15, 0.2) is 11.7 Å². The fourth-order valence-corrected chi connectivity index (χ4v) is 2.95. The van der Waals surface area contributed by atoms with Gasteiger partial charge in [-0.15, -0.1) is 24.0 Å². The number of para-hydroxylation sites is 1. The Morgan fingerprint density at radius 2 is 1.91 bits per heavy atom. The van der Waals surface area contributed by atoms with Gasteiger partial charge >= 0.3 is 0 Å². The summed E-state index contributed by atoms with van der Waals surface area (Å²) in [7, 11) is 1.72. The molecule has 3 aromatic rings. The molecule has 0 fully saturated rings. The Balaban J connectivity index is 0.00000363. The number of nitrogens with one attached hydrogen (secondary N) is 3. The lowest BCUT2D eigenvalue weighted by Gasteiger charge is -2.19. The molecular formula is C24H29IN4O3. The number of nitrogens with zero attached hydrogens (tertiary/aromatic N) is 1. The first-order valence-electron chi connectivity index (χ1n) is 10.2. The summed E-state index contributed by atoms with van der Waals surface area (Å²) >= 11 is 0. The number of guanidine groups is 1. The summed E-state index contributed by atoms with van der Waals surface area (Å²) in [6.45, 7) is 5.20. The molecule has 8 heteroatoms. The van der Waals surface area contributed by atoms with Gasteiger partial charge in [0.1, 0.15) is 11.9 Å². The predicted molar refractivity (Wildman–Crippen MR) is 138 cm³/mol. The summed E-state index contributed by atoms with van der Waals surface area (Å²) in [5, 5.41) is 9.38. The van der Waals surface area contributed by atoms with E-state index in [2.05, 4.69) is 20.9 Å². The first-order valence-corrected chi connectivity index (χ1v) is 10.2. The standard InChI is InChI=1S/C24H28N4O3.HI/c1-17-8-4-5-11-21(17)31-18(2)15-26-24(25-3)27-16-19-9-6-10-20(14-19)28-23(29)22-12-7-13-30-22;/h4-14,18H,15-16H2,1-3H3,(H,28,29)(H2,25,26,27);1H. The van der Waals surface area contributed by atoms with Crippen LogP contribution in [0.15, 0.2) is 76.3 Å². The van der Waals surface area contributed by atoms with E-state index in [-0.39, 0.29) is 41.7 Å². The van der Waals surface area contributed by atoms with Crippen LogP contribution in [0.25, 0.3) is 0 Å². The zero-order valence-corrected chi connectivity index (χ0v) is 20.8. The second-order valence-corrected chi connectivity index (χ2v) is 7.13. The monoisotopic (exact) mass is 548 g/mol. The molecule has 3 N–H and O–H groups in total. The minimum absolute atomic E-state index is 0. The highest BCUT2D eigenvalue weighted by Gasteiger charge is 2.10. The Kier molecular flexibility index (Phi) is 10.1. The zero-order chi connectivity index (χ0) is 22.1. The van der Waals surface area contributed by atoms with E-state index in [1.165, 1.54) is 6.26 Å². The van der Waals surface area contributed by atoms with Gasteiger partial charge in [-0.2, -0.15) is 0 Å². The number of hydrogen-bond donors (Lipinski definition) is 3. The van der Waals surface area contributed by atoms with Gasteiger partial charge in [0.25, 0.3) is 5.91 Å². The van der Waals surface area contributed by atoms with Crippen molar-refractivity contribution in [3.05, 3.63) is 83.8 Å². The first kappa shape index (κ1) is 25.3. The Hall–Kier alpha value is -3.01. The highest BCUT2D eigenvalue weighted by Crippen LogP contribution is 2.17. The van der Waals surface area contributed by atoms with Crippen LogP contribution in [0.4, 0.5) is 5.69 Å². The van der Waals surface area contributed by atoms with E-state index in [9.17, 15) is 4.79 Å². The van der Waals surface area contributed by atoms with Crippen LogP contribution in [0.5, 0.6) is 5.75 Å². The molecule has 1 amide bonds. The summed E-state index contributed by atoms with van der Waals surface area (Å²) in [6.07, 6.45) is 1.45. The number of hydrogen-bond acceptors (Lipinski definition) is 4. The molecule has 0 aliphatic carbocycles. The lowest BCUT2D eigenvalue weighted by atomic mass is 10.2. The van der Waals surface area contributed by atoms with E-state index >= 15 is 0 Å². The van der Waals surface area contributed by atoms with Gasteiger partial charge in [-0.25, -0.2) is 0 Å². The van der Waals surface area contributed by atoms with Crippen molar-refractivity contribution < 1.29 is 13.9 Å². The molecule has 0 saturated heterocycles. The average molecular weight is 548 g/mol. The zero-order valence-electron chi connectivity index (χ0n) is 18.4. The van der Waals surface area contributed by atoms with Crippen LogP contribution < -0.4 is 20.7 Å². The molecule has 32 heavy (non-hydrogen) atoms. The number of aliphatic imine (C=N–C) groups is 1. The first-order chi connectivity index (χ1) is 15.0. The minimum atomic E-state index is -0.282. The van der Waals surface area contributed by atoms with Crippen molar-refractivity contribution in [2.75, 3.05) is 18.9 Å². The Labute approximate surface area is 205 Å². The fourth-order valence-electron chi connectivity index (χ4n) is 2.95. The Morgan fingerprint density at radius 3 is 2.62 bits per heavy atom. The fraction of sp³-hybridized carbons (Fsp3) is 0.250. The topological polar surface area (TPSA) is 87.9 Å². The van der Waals surface area contributed by atoms with E-state index < -0.39 is 0 Å². The van der Waals surface area contributed by atoms with Gasteiger partial charge in [-0.05, 0) is 55.3 Å². The van der Waals surface area contributed by atoms with Crippen LogP contribution in [-0.4, -0.2) is 31.6 Å². The largest absolute Gasteiger partial charge is 0.489 e. The number of aryl methyl sites for hydroxylation is 1. The van der Waals surface area contributed by atoms with Gasteiger partial charge in [0.2, 0.25) is 0 Å². The van der Waals surface area contributed by atoms with Crippen LogP contribution in [0, 0.1) is 6.92 Å². The van der Waals surface area contributed by atoms with Crippen LogP contribution in [0.2, 0.25) is 0 Å². The quantitative estimate of drug-likeness (QED) is 0.218. The molecule has 1 unspecified atom stereocenters. The number of furan rings is 1. The molecule has 0 aliphatic rings. The third-order valence-electron chi connectivity index (χ3n) is 4.59. The molecule has 1 aromatic heterocycles.